The molecule has 0 bridgehead atoms. The number of carbonyl (C=O) groups is 2. The highest BCUT2D eigenvalue weighted by Crippen LogP contribution is 2.24. The van der Waals surface area contributed by atoms with Gasteiger partial charge in [0.05, 0.1) is 17.8 Å². The van der Waals surface area contributed by atoms with Crippen molar-refractivity contribution in [1.29, 1.82) is 0 Å². The van der Waals surface area contributed by atoms with E-state index >= 15 is 0 Å². The highest BCUT2D eigenvalue weighted by Gasteiger charge is 2.18. The number of fused-ring (bicyclic) bond motifs is 1. The number of piperazine rings is 1. The second-order valence-electron chi connectivity index (χ2n) is 8.83. The number of nitrogens with one attached hydrogen (secondary N) is 3. The predicted octanol–water partition coefficient (Wildman–Crippen LogP) is 3.65. The number of H-pyrrole nitrogens is 1. The predicted molar refractivity (Wildman–Crippen MR) is 135 cm³/mol. The second-order valence-corrected chi connectivity index (χ2v) is 8.83. The van der Waals surface area contributed by atoms with Gasteiger partial charge in [0, 0.05) is 48.4 Å². The van der Waals surface area contributed by atoms with Crippen molar-refractivity contribution >= 4 is 34.2 Å². The van der Waals surface area contributed by atoms with E-state index in [1.165, 1.54) is 0 Å². The molecule has 1 aliphatic heterocycles. The zero-order valence-corrected chi connectivity index (χ0v) is 19.7. The van der Waals surface area contributed by atoms with E-state index in [0.717, 1.165) is 37.4 Å². The first-order valence-corrected chi connectivity index (χ1v) is 11.7. The molecule has 1 saturated heterocycles. The molecule has 9 heteroatoms. The fourth-order valence-corrected chi connectivity index (χ4v) is 4.21. The lowest BCUT2D eigenvalue weighted by molar-refractivity contribution is 0.0935. The number of rotatable bonds is 6. The lowest BCUT2D eigenvalue weighted by Gasteiger charge is -2.34. The van der Waals surface area contributed by atoms with Crippen molar-refractivity contribution in [3.05, 3.63) is 77.7 Å². The highest BCUT2D eigenvalue weighted by atomic mass is 16.3. The van der Waals surface area contributed by atoms with E-state index < -0.39 is 0 Å². The molecule has 9 nitrogen and oxygen atoms in total. The van der Waals surface area contributed by atoms with Crippen LogP contribution in [0.25, 0.3) is 10.9 Å². The molecule has 0 saturated carbocycles. The SMILES string of the molecule is CC(NC(=O)c1ccc2[nH]nc(NC(=O)c3ccc(N4CCN(C)CC4)cc3)c2c1)c1ccco1. The van der Waals surface area contributed by atoms with Gasteiger partial charge in [0.25, 0.3) is 11.8 Å². The van der Waals surface area contributed by atoms with Crippen molar-refractivity contribution in [3.63, 3.8) is 0 Å². The number of likely N-dealkylation sites (N-methyl/N-ethyl adjacent to an activating group) is 1. The van der Waals surface area contributed by atoms with Gasteiger partial charge in [-0.05, 0) is 68.6 Å². The Morgan fingerprint density at radius 3 is 2.46 bits per heavy atom. The number of carbonyl (C=O) groups excluding carboxylic acids is 2. The molecule has 3 heterocycles. The second kappa shape index (κ2) is 9.63. The Hall–Kier alpha value is -4.11. The molecule has 35 heavy (non-hydrogen) atoms. The van der Waals surface area contributed by atoms with Gasteiger partial charge in [-0.15, -0.1) is 0 Å². The van der Waals surface area contributed by atoms with Crippen LogP contribution in [0.2, 0.25) is 0 Å². The summed E-state index contributed by atoms with van der Waals surface area (Å²) < 4.78 is 5.36. The summed E-state index contributed by atoms with van der Waals surface area (Å²) in [6.45, 7) is 5.84. The molecule has 3 N–H and O–H groups in total. The molecule has 2 aromatic carbocycles. The van der Waals surface area contributed by atoms with Crippen molar-refractivity contribution in [2.75, 3.05) is 43.4 Å². The van der Waals surface area contributed by atoms with Gasteiger partial charge in [-0.2, -0.15) is 5.10 Å². The average molecular weight is 473 g/mol. The Bertz CT molecular complexity index is 1320. The third-order valence-electron chi connectivity index (χ3n) is 6.37. The molecule has 1 aliphatic rings. The first-order valence-electron chi connectivity index (χ1n) is 11.7. The molecular weight excluding hydrogens is 444 g/mol. The monoisotopic (exact) mass is 472 g/mol. The summed E-state index contributed by atoms with van der Waals surface area (Å²) in [5, 5.41) is 13.6. The molecular formula is C26H28N6O3. The van der Waals surface area contributed by atoms with Gasteiger partial charge in [0.15, 0.2) is 5.82 Å². The summed E-state index contributed by atoms with van der Waals surface area (Å²) in [6, 6.07) is 16.1. The minimum atomic E-state index is -0.273. The van der Waals surface area contributed by atoms with Gasteiger partial charge >= 0.3 is 0 Å². The normalized spacial score (nSPS) is 15.2. The van der Waals surface area contributed by atoms with Gasteiger partial charge in [0.1, 0.15) is 5.76 Å². The standard InChI is InChI=1S/C26H28N6O3/c1-17(23-4-3-15-35-23)27-26(34)19-7-10-22-21(16-19)24(30-29-22)28-25(33)18-5-8-20(9-6-18)32-13-11-31(2)12-14-32/h3-10,15-17H,11-14H2,1-2H3,(H,27,34)(H2,28,29,30,33). The number of hydrogen-bond donors (Lipinski definition) is 3. The van der Waals surface area contributed by atoms with Gasteiger partial charge in [-0.25, -0.2) is 0 Å². The summed E-state index contributed by atoms with van der Waals surface area (Å²) in [4.78, 5) is 30.3. The molecule has 1 atom stereocenters. The molecule has 1 unspecified atom stereocenters. The maximum absolute atomic E-state index is 12.9. The van der Waals surface area contributed by atoms with Gasteiger partial charge in [-0.3, -0.25) is 14.7 Å². The van der Waals surface area contributed by atoms with E-state index in [0.29, 0.717) is 28.1 Å². The average Bonchev–Trinajstić information content (AvgIpc) is 3.55. The lowest BCUT2D eigenvalue weighted by atomic mass is 10.1. The van der Waals surface area contributed by atoms with Crippen LogP contribution in [0.3, 0.4) is 0 Å². The quantitative estimate of drug-likeness (QED) is 0.396. The third kappa shape index (κ3) is 4.90. The van der Waals surface area contributed by atoms with Crippen LogP contribution in [-0.2, 0) is 0 Å². The number of hydrogen-bond acceptors (Lipinski definition) is 6. The smallest absolute Gasteiger partial charge is 0.256 e. The fraction of sp³-hybridized carbons (Fsp3) is 0.269. The summed E-state index contributed by atoms with van der Waals surface area (Å²) >= 11 is 0. The van der Waals surface area contributed by atoms with Gasteiger partial charge in [-0.1, -0.05) is 0 Å². The summed E-state index contributed by atoms with van der Waals surface area (Å²) in [5.41, 5.74) is 2.84. The largest absolute Gasteiger partial charge is 0.467 e. The zero-order valence-electron chi connectivity index (χ0n) is 19.7. The van der Waals surface area contributed by atoms with Crippen LogP contribution in [-0.4, -0.2) is 60.1 Å². The van der Waals surface area contributed by atoms with E-state index in [1.54, 1.807) is 30.5 Å². The Balaban J connectivity index is 1.28. The van der Waals surface area contributed by atoms with E-state index in [-0.39, 0.29) is 17.9 Å². The lowest BCUT2D eigenvalue weighted by Crippen LogP contribution is -2.44. The van der Waals surface area contributed by atoms with Crippen LogP contribution >= 0.6 is 0 Å². The van der Waals surface area contributed by atoms with E-state index in [4.69, 9.17) is 4.42 Å². The van der Waals surface area contributed by atoms with Crippen molar-refractivity contribution < 1.29 is 14.0 Å². The third-order valence-corrected chi connectivity index (χ3v) is 6.37. The zero-order chi connectivity index (χ0) is 24.4. The maximum atomic E-state index is 12.9. The van der Waals surface area contributed by atoms with Crippen molar-refractivity contribution in [3.8, 4) is 0 Å². The van der Waals surface area contributed by atoms with Gasteiger partial charge < -0.3 is 24.9 Å². The number of anilines is 2. The molecule has 180 valence electrons. The van der Waals surface area contributed by atoms with Crippen LogP contribution in [0.1, 0.15) is 39.4 Å². The number of aromatic amines is 1. The molecule has 0 spiro atoms. The molecule has 0 aliphatic carbocycles. The number of furan rings is 1. The Kier molecular flexibility index (Phi) is 6.24. The number of nitrogens with zero attached hydrogens (tertiary/aromatic N) is 3. The first-order chi connectivity index (χ1) is 17.0. The number of amides is 2. The van der Waals surface area contributed by atoms with Crippen molar-refractivity contribution in [2.45, 2.75) is 13.0 Å². The molecule has 2 aromatic heterocycles. The Morgan fingerprint density at radius 1 is 1.00 bits per heavy atom. The topological polar surface area (TPSA) is 106 Å². The van der Waals surface area contributed by atoms with Crippen LogP contribution in [0.4, 0.5) is 11.5 Å². The molecule has 0 radical (unpaired) electrons. The first kappa shape index (κ1) is 22.7. The van der Waals surface area contributed by atoms with Crippen LogP contribution < -0.4 is 15.5 Å². The maximum Gasteiger partial charge on any atom is 0.256 e. The van der Waals surface area contributed by atoms with Crippen LogP contribution in [0, 0.1) is 0 Å². The minimum Gasteiger partial charge on any atom is -0.467 e. The summed E-state index contributed by atoms with van der Waals surface area (Å²) in [6.07, 6.45) is 1.57. The Labute approximate surface area is 203 Å². The minimum absolute atomic E-state index is 0.242. The molecule has 4 aromatic rings. The van der Waals surface area contributed by atoms with E-state index in [1.807, 2.05) is 37.3 Å². The summed E-state index contributed by atoms with van der Waals surface area (Å²) in [7, 11) is 2.13. The van der Waals surface area contributed by atoms with Crippen molar-refractivity contribution in [1.82, 2.24) is 20.4 Å². The number of aromatic nitrogens is 2. The van der Waals surface area contributed by atoms with E-state index in [9.17, 15) is 9.59 Å². The molecule has 2 amide bonds. The number of benzene rings is 2. The van der Waals surface area contributed by atoms with Crippen LogP contribution in [0.5, 0.6) is 0 Å². The fourth-order valence-electron chi connectivity index (χ4n) is 4.21. The van der Waals surface area contributed by atoms with Crippen LogP contribution in [0.15, 0.2) is 65.3 Å². The van der Waals surface area contributed by atoms with Gasteiger partial charge in [0.2, 0.25) is 0 Å². The highest BCUT2D eigenvalue weighted by molar-refractivity contribution is 6.09. The Morgan fingerprint density at radius 2 is 1.74 bits per heavy atom. The van der Waals surface area contributed by atoms with E-state index in [2.05, 4.69) is 37.7 Å². The van der Waals surface area contributed by atoms with Crippen molar-refractivity contribution in [2.24, 2.45) is 0 Å². The molecule has 5 rings (SSSR count). The summed E-state index contributed by atoms with van der Waals surface area (Å²) in [5.74, 6) is 0.551. The molecule has 1 fully saturated rings.